The third kappa shape index (κ3) is 13.8. The third-order valence-corrected chi connectivity index (χ3v) is 9.39. The highest BCUT2D eigenvalue weighted by Crippen LogP contribution is 2.28. The van der Waals surface area contributed by atoms with Gasteiger partial charge >= 0.3 is 0 Å². The van der Waals surface area contributed by atoms with Crippen LogP contribution in [0.15, 0.2) is 59.1 Å². The fourth-order valence-electron chi connectivity index (χ4n) is 6.03. The van der Waals surface area contributed by atoms with E-state index < -0.39 is 47.8 Å². The van der Waals surface area contributed by atoms with Crippen molar-refractivity contribution in [3.05, 3.63) is 70.2 Å². The largest absolute Gasteiger partial charge is 0.353 e. The molecule has 3 rings (SSSR count). The first kappa shape index (κ1) is 40.6. The molecule has 50 heavy (non-hydrogen) atoms. The zero-order valence-electron chi connectivity index (χ0n) is 29.8. The first-order valence-corrected chi connectivity index (χ1v) is 18.4. The van der Waals surface area contributed by atoms with Gasteiger partial charge in [-0.05, 0) is 74.8 Å². The number of amides is 5. The van der Waals surface area contributed by atoms with Gasteiger partial charge in [-0.2, -0.15) is 0 Å². The summed E-state index contributed by atoms with van der Waals surface area (Å²) in [5.41, 5.74) is 6.83. The number of halogens is 1. The number of hydrogen-bond donors (Lipinski definition) is 6. The molecular weight excluding hydrogens is 702 g/mol. The van der Waals surface area contributed by atoms with Gasteiger partial charge in [0.05, 0.1) is 27.7 Å². The number of unbranched alkanes of at least 4 members (excludes halogenated alkanes) is 1. The molecule has 12 nitrogen and oxygen atoms in total. The van der Waals surface area contributed by atoms with Crippen molar-refractivity contribution in [3.8, 4) is 0 Å². The molecular formula is C37H55BrN7O5+. The van der Waals surface area contributed by atoms with Gasteiger partial charge in [-0.1, -0.05) is 59.1 Å². The molecule has 5 amide bonds. The van der Waals surface area contributed by atoms with Crippen LogP contribution in [-0.4, -0.2) is 99.0 Å². The van der Waals surface area contributed by atoms with Crippen LogP contribution in [0.2, 0.25) is 0 Å². The standard InChI is InChI=1S/C37H54BrN7O5/c1-25(41-36(49)31(24-26-12-6-5-7-13-26)43-34(47)28-17-19-29(38)20-18-28)33(46)44-32(27-14-8-9-15-27)37(50)42-30(35(48)40-22-21-39)16-10-11-23-45(2,3)4/h5-7,12-13,17-20,25,27,30-32H,8-11,14-16,21-24,39H2,1-4H3,(H4-,40,41,42,43,44,46,47,48,49,50)/p+1/t25-,30-,31-,32?/m0/s1. The van der Waals surface area contributed by atoms with E-state index in [9.17, 15) is 24.0 Å². The first-order chi connectivity index (χ1) is 23.8. The van der Waals surface area contributed by atoms with Gasteiger partial charge in [-0.3, -0.25) is 24.0 Å². The van der Waals surface area contributed by atoms with E-state index in [0.29, 0.717) is 18.5 Å². The number of nitrogens with two attached hydrogens (primary N) is 1. The lowest BCUT2D eigenvalue weighted by molar-refractivity contribution is -0.870. The van der Waals surface area contributed by atoms with Crippen LogP contribution in [0.3, 0.4) is 0 Å². The Morgan fingerprint density at radius 1 is 0.800 bits per heavy atom. The minimum absolute atomic E-state index is 0.108. The Kier molecular flexibility index (Phi) is 16.4. The van der Waals surface area contributed by atoms with E-state index in [1.807, 2.05) is 30.3 Å². The third-order valence-electron chi connectivity index (χ3n) is 8.86. The van der Waals surface area contributed by atoms with E-state index >= 15 is 0 Å². The van der Waals surface area contributed by atoms with Crippen molar-refractivity contribution in [1.29, 1.82) is 0 Å². The number of hydrogen-bond acceptors (Lipinski definition) is 6. The smallest absolute Gasteiger partial charge is 0.251 e. The maximum absolute atomic E-state index is 13.8. The molecule has 0 bridgehead atoms. The number of rotatable bonds is 19. The molecule has 1 saturated carbocycles. The van der Waals surface area contributed by atoms with Crippen LogP contribution in [0.1, 0.15) is 67.8 Å². The molecule has 0 radical (unpaired) electrons. The molecule has 0 saturated heterocycles. The van der Waals surface area contributed by atoms with Crippen LogP contribution in [0, 0.1) is 5.92 Å². The number of nitrogens with one attached hydrogen (secondary N) is 5. The van der Waals surface area contributed by atoms with E-state index in [2.05, 4.69) is 63.7 Å². The highest BCUT2D eigenvalue weighted by Gasteiger charge is 2.35. The molecule has 1 unspecified atom stereocenters. The summed E-state index contributed by atoms with van der Waals surface area (Å²) in [6.07, 6.45) is 5.66. The van der Waals surface area contributed by atoms with E-state index in [0.717, 1.165) is 59.6 Å². The van der Waals surface area contributed by atoms with Crippen LogP contribution >= 0.6 is 15.9 Å². The van der Waals surface area contributed by atoms with Crippen LogP contribution in [0.25, 0.3) is 0 Å². The Hall–Kier alpha value is -3.81. The quantitative estimate of drug-likeness (QED) is 0.0950. The lowest BCUT2D eigenvalue weighted by Gasteiger charge is -2.28. The number of carbonyl (C=O) groups excluding carboxylic acids is 5. The zero-order valence-corrected chi connectivity index (χ0v) is 31.4. The fourth-order valence-corrected chi connectivity index (χ4v) is 6.30. The molecule has 274 valence electrons. The van der Waals surface area contributed by atoms with Crippen LogP contribution in [0.5, 0.6) is 0 Å². The van der Waals surface area contributed by atoms with Gasteiger partial charge in [0.2, 0.25) is 23.6 Å². The van der Waals surface area contributed by atoms with E-state index in [-0.39, 0.29) is 24.8 Å². The second kappa shape index (κ2) is 20.1. The van der Waals surface area contributed by atoms with Gasteiger partial charge < -0.3 is 36.8 Å². The van der Waals surface area contributed by atoms with Gasteiger partial charge in [-0.25, -0.2) is 0 Å². The molecule has 2 aromatic carbocycles. The van der Waals surface area contributed by atoms with Crippen molar-refractivity contribution in [2.75, 3.05) is 40.8 Å². The average molecular weight is 758 g/mol. The summed E-state index contributed by atoms with van der Waals surface area (Å²) < 4.78 is 1.61. The van der Waals surface area contributed by atoms with Crippen molar-refractivity contribution in [1.82, 2.24) is 26.6 Å². The molecule has 7 N–H and O–H groups in total. The second-order valence-electron chi connectivity index (χ2n) is 14.1. The minimum atomic E-state index is -1.01. The number of benzene rings is 2. The monoisotopic (exact) mass is 756 g/mol. The normalized spacial score (nSPS) is 15.6. The summed E-state index contributed by atoms with van der Waals surface area (Å²) in [7, 11) is 6.32. The molecule has 4 atom stereocenters. The van der Waals surface area contributed by atoms with Gasteiger partial charge in [0.1, 0.15) is 24.2 Å². The molecule has 0 aliphatic heterocycles. The molecule has 1 aliphatic carbocycles. The van der Waals surface area contributed by atoms with E-state index in [1.54, 1.807) is 31.2 Å². The summed E-state index contributed by atoms with van der Waals surface area (Å²) in [6.45, 7) is 3.04. The number of quaternary nitrogens is 1. The summed E-state index contributed by atoms with van der Waals surface area (Å²) >= 11 is 3.36. The Labute approximate surface area is 304 Å². The maximum atomic E-state index is 13.8. The zero-order chi connectivity index (χ0) is 36.7. The Balaban J connectivity index is 1.71. The lowest BCUT2D eigenvalue weighted by atomic mass is 9.96. The van der Waals surface area contributed by atoms with Crippen molar-refractivity contribution in [2.24, 2.45) is 11.7 Å². The van der Waals surface area contributed by atoms with Crippen molar-refractivity contribution < 1.29 is 28.5 Å². The second-order valence-corrected chi connectivity index (χ2v) is 15.1. The minimum Gasteiger partial charge on any atom is -0.353 e. The first-order valence-electron chi connectivity index (χ1n) is 17.6. The van der Waals surface area contributed by atoms with Gasteiger partial charge in [0, 0.05) is 29.5 Å². The predicted octanol–water partition coefficient (Wildman–Crippen LogP) is 2.41. The molecule has 0 heterocycles. The lowest BCUT2D eigenvalue weighted by Crippen LogP contribution is -2.59. The highest BCUT2D eigenvalue weighted by molar-refractivity contribution is 9.10. The summed E-state index contributed by atoms with van der Waals surface area (Å²) in [5.74, 6) is -2.33. The predicted molar refractivity (Wildman–Crippen MR) is 198 cm³/mol. The molecule has 1 fully saturated rings. The summed E-state index contributed by atoms with van der Waals surface area (Å²) in [5, 5.41) is 14.2. The summed E-state index contributed by atoms with van der Waals surface area (Å²) in [4.78, 5) is 67.1. The Morgan fingerprint density at radius 2 is 1.46 bits per heavy atom. The molecule has 0 aromatic heterocycles. The Bertz CT molecular complexity index is 1410. The van der Waals surface area contributed by atoms with Crippen molar-refractivity contribution >= 4 is 45.5 Å². The summed E-state index contributed by atoms with van der Waals surface area (Å²) in [6, 6.07) is 12.4. The fraction of sp³-hybridized carbons (Fsp3) is 0.541. The van der Waals surface area contributed by atoms with Crippen molar-refractivity contribution in [2.45, 2.75) is 82.5 Å². The highest BCUT2D eigenvalue weighted by atomic mass is 79.9. The number of nitrogens with zero attached hydrogens (tertiary/aromatic N) is 1. The van der Waals surface area contributed by atoms with Crippen LogP contribution < -0.4 is 32.3 Å². The van der Waals surface area contributed by atoms with E-state index in [1.165, 1.54) is 0 Å². The molecule has 13 heteroatoms. The van der Waals surface area contributed by atoms with Gasteiger partial charge in [0.15, 0.2) is 0 Å². The van der Waals surface area contributed by atoms with Gasteiger partial charge in [-0.15, -0.1) is 0 Å². The van der Waals surface area contributed by atoms with Gasteiger partial charge in [0.25, 0.3) is 5.91 Å². The van der Waals surface area contributed by atoms with E-state index in [4.69, 9.17) is 5.73 Å². The SMILES string of the molecule is C[C@H](NC(=O)[C@H](Cc1ccccc1)NC(=O)c1ccc(Br)cc1)C(=O)NC(C(=O)N[C@@H](CCCC[N+](C)(C)C)C(=O)NCCN)C1CCCC1. The van der Waals surface area contributed by atoms with Crippen molar-refractivity contribution in [3.63, 3.8) is 0 Å². The topological polar surface area (TPSA) is 172 Å². The van der Waals surface area contributed by atoms with Crippen LogP contribution in [0.4, 0.5) is 0 Å². The molecule has 2 aromatic rings. The number of carbonyl (C=O) groups is 5. The molecule has 0 spiro atoms. The average Bonchev–Trinajstić information content (AvgIpc) is 3.62. The Morgan fingerprint density at radius 3 is 2.08 bits per heavy atom. The van der Waals surface area contributed by atoms with Crippen LogP contribution in [-0.2, 0) is 25.6 Å². The maximum Gasteiger partial charge on any atom is 0.251 e. The molecule has 1 aliphatic rings.